The number of hydrogen-bond donors (Lipinski definition) is 1. The van der Waals surface area contributed by atoms with Crippen LogP contribution in [0.25, 0.3) is 0 Å². The Balaban J connectivity index is 1.80. The van der Waals surface area contributed by atoms with Crippen molar-refractivity contribution in [3.8, 4) is 0 Å². The number of rotatable bonds is 7. The van der Waals surface area contributed by atoms with Gasteiger partial charge >= 0.3 is 0 Å². The van der Waals surface area contributed by atoms with Crippen LogP contribution in [-0.2, 0) is 9.47 Å². The highest BCUT2D eigenvalue weighted by molar-refractivity contribution is 4.94. The second kappa shape index (κ2) is 8.46. The Morgan fingerprint density at radius 3 is 1.92 bits per heavy atom. The summed E-state index contributed by atoms with van der Waals surface area (Å²) in [5, 5.41) is 10.2. The van der Waals surface area contributed by atoms with Gasteiger partial charge in [-0.3, -0.25) is 0 Å². The molecule has 0 spiro atoms. The van der Waals surface area contributed by atoms with Gasteiger partial charge in [-0.1, -0.05) is 41.5 Å². The van der Waals surface area contributed by atoms with E-state index >= 15 is 0 Å². The molecule has 142 valence electrons. The summed E-state index contributed by atoms with van der Waals surface area (Å²) in [5.41, 5.74) is 0. The van der Waals surface area contributed by atoms with E-state index in [-0.39, 0.29) is 17.9 Å². The average molecular weight is 345 g/mol. The van der Waals surface area contributed by atoms with Crippen LogP contribution in [0.1, 0.15) is 67.2 Å². The highest BCUT2D eigenvalue weighted by Gasteiger charge is 2.47. The number of aliphatic hydroxyl groups is 1. The highest BCUT2D eigenvalue weighted by Crippen LogP contribution is 2.36. The highest BCUT2D eigenvalue weighted by atomic mass is 19.1. The van der Waals surface area contributed by atoms with E-state index in [4.69, 9.17) is 9.47 Å². The lowest BCUT2D eigenvalue weighted by Crippen LogP contribution is -2.34. The third-order valence-electron chi connectivity index (χ3n) is 6.05. The van der Waals surface area contributed by atoms with Gasteiger partial charge in [-0.15, -0.1) is 0 Å². The third kappa shape index (κ3) is 4.50. The smallest absolute Gasteiger partial charge is 0.155 e. The second-order valence-corrected chi connectivity index (χ2v) is 8.81. The van der Waals surface area contributed by atoms with Gasteiger partial charge in [0.15, 0.2) is 6.17 Å². The maximum atomic E-state index is 14.2. The molecular formula is C20H37FO3. The Labute approximate surface area is 147 Å². The molecular weight excluding hydrogens is 307 g/mol. The van der Waals surface area contributed by atoms with Crippen LogP contribution in [0.5, 0.6) is 0 Å². The van der Waals surface area contributed by atoms with Crippen molar-refractivity contribution in [2.75, 3.05) is 0 Å². The topological polar surface area (TPSA) is 38.7 Å². The van der Waals surface area contributed by atoms with Crippen LogP contribution in [-0.4, -0.2) is 41.8 Å². The molecule has 2 heterocycles. The van der Waals surface area contributed by atoms with Crippen molar-refractivity contribution >= 4 is 0 Å². The van der Waals surface area contributed by atoms with Crippen molar-refractivity contribution in [3.05, 3.63) is 0 Å². The predicted molar refractivity (Wildman–Crippen MR) is 94.7 cm³/mol. The Kier molecular flexibility index (Phi) is 7.10. The van der Waals surface area contributed by atoms with Crippen molar-refractivity contribution in [1.82, 2.24) is 0 Å². The molecule has 0 aromatic heterocycles. The zero-order valence-corrected chi connectivity index (χ0v) is 16.2. The molecule has 3 nitrogen and oxygen atoms in total. The summed E-state index contributed by atoms with van der Waals surface area (Å²) in [6.07, 6.45) is 1.90. The van der Waals surface area contributed by atoms with Crippen molar-refractivity contribution < 1.29 is 19.0 Å². The van der Waals surface area contributed by atoms with E-state index in [9.17, 15) is 9.50 Å². The number of hydrogen-bond acceptors (Lipinski definition) is 3. The monoisotopic (exact) mass is 344 g/mol. The van der Waals surface area contributed by atoms with Crippen LogP contribution >= 0.6 is 0 Å². The van der Waals surface area contributed by atoms with Crippen LogP contribution in [0.2, 0.25) is 0 Å². The Bertz CT molecular complexity index is 387. The molecule has 0 aliphatic carbocycles. The molecule has 8 atom stereocenters. The molecule has 1 N–H and O–H groups in total. The van der Waals surface area contributed by atoms with E-state index in [1.807, 2.05) is 13.8 Å². The quantitative estimate of drug-likeness (QED) is 0.745. The standard InChI is InChI=1S/C20H37FO3/c1-11(2)15-9-10-16(23-15)13(5)7-8-14(6)20-18(22)17(21)19(24-20)12(3)4/h11-20,22H,7-10H2,1-6H3/t13?,14?,15-,16+,17+,18-,19-,20+/m1/s1. The minimum absolute atomic E-state index is 0.0885. The van der Waals surface area contributed by atoms with Crippen LogP contribution in [0, 0.1) is 23.7 Å². The van der Waals surface area contributed by atoms with E-state index in [0.717, 1.165) is 25.7 Å². The van der Waals surface area contributed by atoms with Gasteiger partial charge in [0, 0.05) is 0 Å². The van der Waals surface area contributed by atoms with E-state index in [2.05, 4.69) is 27.7 Å². The van der Waals surface area contributed by atoms with E-state index in [0.29, 0.717) is 24.0 Å². The maximum absolute atomic E-state index is 14.2. The molecule has 2 saturated heterocycles. The lowest BCUT2D eigenvalue weighted by molar-refractivity contribution is -0.0414. The van der Waals surface area contributed by atoms with Crippen molar-refractivity contribution in [2.24, 2.45) is 23.7 Å². The summed E-state index contributed by atoms with van der Waals surface area (Å²) in [6, 6.07) is 0. The fraction of sp³-hybridized carbons (Fsp3) is 1.00. The molecule has 2 rings (SSSR count). The normalized spacial score (nSPS) is 39.8. The summed E-state index contributed by atoms with van der Waals surface area (Å²) in [4.78, 5) is 0. The number of aliphatic hydroxyl groups excluding tert-OH is 1. The molecule has 2 unspecified atom stereocenters. The number of ether oxygens (including phenoxy) is 2. The first-order valence-electron chi connectivity index (χ1n) is 9.85. The van der Waals surface area contributed by atoms with Gasteiger partial charge in [-0.05, 0) is 49.4 Å². The van der Waals surface area contributed by atoms with E-state index in [1.165, 1.54) is 0 Å². The van der Waals surface area contributed by atoms with Crippen LogP contribution in [0.15, 0.2) is 0 Å². The van der Waals surface area contributed by atoms with Crippen LogP contribution in [0.3, 0.4) is 0 Å². The number of alkyl halides is 1. The molecule has 2 fully saturated rings. The summed E-state index contributed by atoms with van der Waals surface area (Å²) >= 11 is 0. The van der Waals surface area contributed by atoms with Gasteiger partial charge in [0.2, 0.25) is 0 Å². The van der Waals surface area contributed by atoms with Crippen LogP contribution in [0.4, 0.5) is 4.39 Å². The zero-order chi connectivity index (χ0) is 18.0. The maximum Gasteiger partial charge on any atom is 0.155 e. The molecule has 0 radical (unpaired) electrons. The van der Waals surface area contributed by atoms with Gasteiger partial charge in [-0.25, -0.2) is 4.39 Å². The molecule has 4 heteroatoms. The van der Waals surface area contributed by atoms with Gasteiger partial charge in [0.1, 0.15) is 6.10 Å². The van der Waals surface area contributed by atoms with E-state index < -0.39 is 18.4 Å². The molecule has 0 aromatic rings. The minimum Gasteiger partial charge on any atom is -0.387 e. The summed E-state index contributed by atoms with van der Waals surface area (Å²) in [7, 11) is 0. The average Bonchev–Trinajstić information content (AvgIpc) is 3.11. The SMILES string of the molecule is CC(CCC(C)[C@@H]1O[C@H](C(C)C)[C@@H](F)[C@H]1O)[C@@H]1CC[C@H](C(C)C)O1. The lowest BCUT2D eigenvalue weighted by atomic mass is 9.88. The van der Waals surface area contributed by atoms with Gasteiger partial charge < -0.3 is 14.6 Å². The largest absolute Gasteiger partial charge is 0.387 e. The van der Waals surface area contributed by atoms with Crippen molar-refractivity contribution in [2.45, 2.75) is 104 Å². The Morgan fingerprint density at radius 1 is 0.833 bits per heavy atom. The number of halogens is 1. The zero-order valence-electron chi connectivity index (χ0n) is 16.2. The molecule has 0 amide bonds. The van der Waals surface area contributed by atoms with Crippen molar-refractivity contribution in [1.29, 1.82) is 0 Å². The van der Waals surface area contributed by atoms with Crippen molar-refractivity contribution in [3.63, 3.8) is 0 Å². The van der Waals surface area contributed by atoms with Crippen LogP contribution < -0.4 is 0 Å². The second-order valence-electron chi connectivity index (χ2n) is 8.81. The predicted octanol–water partition coefficient (Wildman–Crippen LogP) is 4.36. The van der Waals surface area contributed by atoms with Gasteiger partial charge in [-0.2, -0.15) is 0 Å². The molecule has 0 aromatic carbocycles. The molecule has 0 bridgehead atoms. The van der Waals surface area contributed by atoms with Gasteiger partial charge in [0.05, 0.1) is 24.4 Å². The Morgan fingerprint density at radius 2 is 1.42 bits per heavy atom. The Hall–Kier alpha value is -0.190. The fourth-order valence-corrected chi connectivity index (χ4v) is 4.18. The third-order valence-corrected chi connectivity index (χ3v) is 6.05. The minimum atomic E-state index is -1.26. The first-order chi connectivity index (χ1) is 11.2. The van der Waals surface area contributed by atoms with Gasteiger partial charge in [0.25, 0.3) is 0 Å². The summed E-state index contributed by atoms with van der Waals surface area (Å²) in [5.74, 6) is 1.33. The fourth-order valence-electron chi connectivity index (χ4n) is 4.18. The molecule has 24 heavy (non-hydrogen) atoms. The molecule has 2 aliphatic rings. The van der Waals surface area contributed by atoms with E-state index in [1.54, 1.807) is 0 Å². The summed E-state index contributed by atoms with van der Waals surface area (Å²) in [6.45, 7) is 12.7. The summed E-state index contributed by atoms with van der Waals surface area (Å²) < 4.78 is 26.3. The molecule has 2 aliphatic heterocycles. The lowest BCUT2D eigenvalue weighted by Gasteiger charge is -2.26. The first kappa shape index (κ1) is 20.1. The first-order valence-corrected chi connectivity index (χ1v) is 9.85. The molecule has 0 saturated carbocycles.